The second kappa shape index (κ2) is 13.8. The van der Waals surface area contributed by atoms with Crippen molar-refractivity contribution in [3.63, 3.8) is 0 Å². The Labute approximate surface area is 334 Å². The Bertz CT molecular complexity index is 3280. The first-order valence-corrected chi connectivity index (χ1v) is 20.0. The Morgan fingerprint density at radius 3 is 1.70 bits per heavy atom. The smallest absolute Gasteiger partial charge is 0.160 e. The third-order valence-corrected chi connectivity index (χ3v) is 12.1. The fourth-order valence-electron chi connectivity index (χ4n) is 8.13. The first kappa shape index (κ1) is 33.1. The van der Waals surface area contributed by atoms with Crippen LogP contribution in [0.3, 0.4) is 0 Å². The summed E-state index contributed by atoms with van der Waals surface area (Å²) in [5.74, 6) is 0.697. The lowest BCUT2D eigenvalue weighted by atomic mass is 9.89. The molecule has 0 spiro atoms. The molecular formula is C53H33N3S. The van der Waals surface area contributed by atoms with Crippen LogP contribution in [-0.2, 0) is 0 Å². The molecule has 0 saturated heterocycles. The van der Waals surface area contributed by atoms with Crippen LogP contribution in [0.4, 0.5) is 0 Å². The van der Waals surface area contributed by atoms with Gasteiger partial charge in [0.1, 0.15) is 0 Å². The van der Waals surface area contributed by atoms with E-state index in [9.17, 15) is 0 Å². The van der Waals surface area contributed by atoms with Crippen molar-refractivity contribution in [2.24, 2.45) is 0 Å². The lowest BCUT2D eigenvalue weighted by molar-refractivity contribution is 1.18. The van der Waals surface area contributed by atoms with Crippen LogP contribution in [0.5, 0.6) is 0 Å². The number of benzene rings is 8. The van der Waals surface area contributed by atoms with Crippen LogP contribution in [0.25, 0.3) is 109 Å². The molecule has 4 heteroatoms. The monoisotopic (exact) mass is 743 g/mol. The van der Waals surface area contributed by atoms with Crippen molar-refractivity contribution in [1.82, 2.24) is 15.0 Å². The number of nitrogens with zero attached hydrogens (tertiary/aromatic N) is 3. The van der Waals surface area contributed by atoms with Crippen molar-refractivity contribution >= 4 is 53.1 Å². The van der Waals surface area contributed by atoms with Crippen molar-refractivity contribution in [1.29, 1.82) is 0 Å². The number of aromatic nitrogens is 3. The molecule has 8 aromatic carbocycles. The Kier molecular flexibility index (Phi) is 8.01. The zero-order valence-corrected chi connectivity index (χ0v) is 31.6. The molecule has 11 aromatic rings. The van der Waals surface area contributed by atoms with Crippen molar-refractivity contribution in [2.75, 3.05) is 0 Å². The van der Waals surface area contributed by atoms with E-state index < -0.39 is 0 Å². The summed E-state index contributed by atoms with van der Waals surface area (Å²) >= 11 is 1.83. The van der Waals surface area contributed by atoms with E-state index in [1.54, 1.807) is 0 Å². The van der Waals surface area contributed by atoms with Crippen LogP contribution >= 0.6 is 11.3 Å². The first-order valence-electron chi connectivity index (χ1n) is 19.2. The van der Waals surface area contributed by atoms with Crippen LogP contribution in [0.15, 0.2) is 200 Å². The van der Waals surface area contributed by atoms with Gasteiger partial charge in [-0.25, -0.2) is 9.97 Å². The summed E-state index contributed by atoms with van der Waals surface area (Å²) in [6.07, 6.45) is 3.68. The molecule has 0 aliphatic heterocycles. The third kappa shape index (κ3) is 6.04. The van der Waals surface area contributed by atoms with E-state index in [0.717, 1.165) is 55.9 Å². The van der Waals surface area contributed by atoms with Gasteiger partial charge in [0.05, 0.1) is 11.4 Å². The maximum atomic E-state index is 5.32. The Balaban J connectivity index is 1.14. The molecule has 0 N–H and O–H groups in total. The van der Waals surface area contributed by atoms with E-state index in [1.165, 1.54) is 47.3 Å². The Morgan fingerprint density at radius 1 is 0.316 bits per heavy atom. The van der Waals surface area contributed by atoms with E-state index in [-0.39, 0.29) is 0 Å². The summed E-state index contributed by atoms with van der Waals surface area (Å²) in [5.41, 5.74) is 11.7. The van der Waals surface area contributed by atoms with Gasteiger partial charge in [0.25, 0.3) is 0 Å². The minimum absolute atomic E-state index is 0.697. The van der Waals surface area contributed by atoms with Crippen LogP contribution < -0.4 is 0 Å². The highest BCUT2D eigenvalue weighted by Crippen LogP contribution is 2.41. The quantitative estimate of drug-likeness (QED) is 0.159. The minimum Gasteiger partial charge on any atom is -0.265 e. The molecule has 0 aliphatic rings. The summed E-state index contributed by atoms with van der Waals surface area (Å²) in [4.78, 5) is 14.8. The van der Waals surface area contributed by atoms with E-state index in [1.807, 2.05) is 54.1 Å². The molecule has 0 bridgehead atoms. The van der Waals surface area contributed by atoms with Crippen LogP contribution in [0.2, 0.25) is 0 Å². The molecule has 0 atom stereocenters. The van der Waals surface area contributed by atoms with Crippen molar-refractivity contribution in [3.8, 4) is 67.3 Å². The highest BCUT2D eigenvalue weighted by Gasteiger charge is 2.17. The Morgan fingerprint density at radius 2 is 0.895 bits per heavy atom. The second-order valence-electron chi connectivity index (χ2n) is 14.4. The summed E-state index contributed by atoms with van der Waals surface area (Å²) in [7, 11) is 0. The molecule has 0 fully saturated rings. The fraction of sp³-hybridized carbons (Fsp3) is 0. The van der Waals surface area contributed by atoms with Crippen molar-refractivity contribution in [3.05, 3.63) is 200 Å². The molecule has 0 amide bonds. The van der Waals surface area contributed by atoms with E-state index in [2.05, 4.69) is 163 Å². The lowest BCUT2D eigenvalue weighted by Gasteiger charge is -2.16. The van der Waals surface area contributed by atoms with Crippen LogP contribution in [0, 0.1) is 0 Å². The zero-order chi connectivity index (χ0) is 37.7. The van der Waals surface area contributed by atoms with Gasteiger partial charge in [0.2, 0.25) is 0 Å². The van der Waals surface area contributed by atoms with Gasteiger partial charge in [-0.05, 0) is 116 Å². The van der Waals surface area contributed by atoms with Gasteiger partial charge in [-0.1, -0.05) is 127 Å². The largest absolute Gasteiger partial charge is 0.265 e. The van der Waals surface area contributed by atoms with Gasteiger partial charge in [-0.2, -0.15) is 0 Å². The van der Waals surface area contributed by atoms with E-state index in [4.69, 9.17) is 9.97 Å². The second-order valence-corrected chi connectivity index (χ2v) is 15.5. The molecule has 3 nitrogen and oxygen atoms in total. The van der Waals surface area contributed by atoms with E-state index in [0.29, 0.717) is 5.82 Å². The van der Waals surface area contributed by atoms with Crippen LogP contribution in [0.1, 0.15) is 0 Å². The van der Waals surface area contributed by atoms with Gasteiger partial charge in [-0.3, -0.25) is 4.98 Å². The molecule has 3 heterocycles. The topological polar surface area (TPSA) is 38.7 Å². The standard InChI is InChI=1S/C53H33N3S/c1-2-10-37(11-3-1)53-55-49(39-22-23-52-48(32-39)46-16-8-9-17-51(46)57-52)33-50(56-53)42-29-40(35-20-18-34(19-21-35)36-24-26-54-27-25-36)28-41(30-42)47-31-38-12-4-5-13-43(38)44-14-6-7-15-45(44)47/h1-33H. The summed E-state index contributed by atoms with van der Waals surface area (Å²) in [6.45, 7) is 0. The molecule has 0 unspecified atom stereocenters. The van der Waals surface area contributed by atoms with Crippen molar-refractivity contribution in [2.45, 2.75) is 0 Å². The normalized spacial score (nSPS) is 11.5. The van der Waals surface area contributed by atoms with Crippen molar-refractivity contribution < 1.29 is 0 Å². The maximum absolute atomic E-state index is 5.32. The van der Waals surface area contributed by atoms with Gasteiger partial charge < -0.3 is 0 Å². The highest BCUT2D eigenvalue weighted by molar-refractivity contribution is 7.25. The number of hydrogen-bond acceptors (Lipinski definition) is 4. The van der Waals surface area contributed by atoms with Gasteiger partial charge in [0, 0.05) is 49.3 Å². The number of rotatable bonds is 6. The van der Waals surface area contributed by atoms with E-state index >= 15 is 0 Å². The lowest BCUT2D eigenvalue weighted by Crippen LogP contribution is -1.97. The molecule has 0 aliphatic carbocycles. The highest BCUT2D eigenvalue weighted by atomic mass is 32.1. The SMILES string of the molecule is c1ccc(-c2nc(-c3cc(-c4ccc(-c5ccncc5)cc4)cc(-c4cc5ccccc5c5ccccc45)c3)cc(-c3ccc4sc5ccccc5c4c3)n2)cc1. The average Bonchev–Trinajstić information content (AvgIpc) is 3.67. The summed E-state index contributed by atoms with van der Waals surface area (Å²) in [5, 5.41) is 7.45. The summed E-state index contributed by atoms with van der Waals surface area (Å²) in [6, 6.07) is 67.5. The predicted molar refractivity (Wildman–Crippen MR) is 240 cm³/mol. The third-order valence-electron chi connectivity index (χ3n) is 11.0. The molecule has 57 heavy (non-hydrogen) atoms. The maximum Gasteiger partial charge on any atom is 0.160 e. The Hall–Kier alpha value is -7.27. The molecular weight excluding hydrogens is 711 g/mol. The van der Waals surface area contributed by atoms with Gasteiger partial charge >= 0.3 is 0 Å². The molecule has 11 rings (SSSR count). The minimum atomic E-state index is 0.697. The molecule has 0 radical (unpaired) electrons. The van der Waals surface area contributed by atoms with Gasteiger partial charge in [-0.15, -0.1) is 11.3 Å². The first-order chi connectivity index (χ1) is 28.2. The number of thiophene rings is 1. The predicted octanol–water partition coefficient (Wildman–Crippen LogP) is 14.5. The fourth-order valence-corrected chi connectivity index (χ4v) is 9.22. The van der Waals surface area contributed by atoms with Gasteiger partial charge in [0.15, 0.2) is 5.82 Å². The average molecular weight is 744 g/mol. The van der Waals surface area contributed by atoms with Crippen LogP contribution in [-0.4, -0.2) is 15.0 Å². The molecule has 0 saturated carbocycles. The zero-order valence-electron chi connectivity index (χ0n) is 30.8. The number of hydrogen-bond donors (Lipinski definition) is 0. The molecule has 266 valence electrons. The summed E-state index contributed by atoms with van der Waals surface area (Å²) < 4.78 is 2.56. The number of pyridine rings is 1. The number of fused-ring (bicyclic) bond motifs is 6. The molecule has 3 aromatic heterocycles.